The molecule has 1 aromatic carbocycles. The van der Waals surface area contributed by atoms with Crippen LogP contribution in [0.15, 0.2) is 28.6 Å². The van der Waals surface area contributed by atoms with Gasteiger partial charge in [-0.15, -0.1) is 0 Å². The normalized spacial score (nSPS) is 27.2. The number of benzene rings is 1. The fourth-order valence-electron chi connectivity index (χ4n) is 5.57. The third kappa shape index (κ3) is 4.86. The van der Waals surface area contributed by atoms with Crippen LogP contribution >= 0.6 is 0 Å². The van der Waals surface area contributed by atoms with Crippen molar-refractivity contribution in [1.29, 1.82) is 0 Å². The maximum absolute atomic E-state index is 13.0. The highest BCUT2D eigenvalue weighted by atomic mass is 32.2. The number of nitrogens with one attached hydrogen (secondary N) is 1. The van der Waals surface area contributed by atoms with Gasteiger partial charge in [0.25, 0.3) is 11.8 Å². The summed E-state index contributed by atoms with van der Waals surface area (Å²) in [7, 11) is -3.65. The Bertz CT molecular complexity index is 1210. The molecule has 3 aliphatic heterocycles. The highest BCUT2D eigenvalue weighted by Gasteiger charge is 2.48. The van der Waals surface area contributed by atoms with Gasteiger partial charge in [0.2, 0.25) is 10.0 Å². The minimum Gasteiger partial charge on any atom is -0.351 e. The Morgan fingerprint density at radius 3 is 2.50 bits per heavy atom. The third-order valence-electron chi connectivity index (χ3n) is 8.04. The summed E-state index contributed by atoms with van der Waals surface area (Å²) >= 11 is 0. The van der Waals surface area contributed by atoms with Gasteiger partial charge in [0.15, 0.2) is 0 Å². The Kier molecular flexibility index (Phi) is 6.78. The zero-order chi connectivity index (χ0) is 25.5. The molecule has 0 bridgehead atoms. The Balaban J connectivity index is 1.23. The summed E-state index contributed by atoms with van der Waals surface area (Å²) < 4.78 is 32.7. The molecule has 194 valence electrons. The number of carbonyl (C=O) groups excluding carboxylic acids is 2. The number of rotatable bonds is 5. The Labute approximate surface area is 212 Å². The first-order valence-electron chi connectivity index (χ1n) is 12.8. The van der Waals surface area contributed by atoms with Gasteiger partial charge in [-0.3, -0.25) is 19.5 Å². The van der Waals surface area contributed by atoms with Crippen LogP contribution in [0.5, 0.6) is 0 Å². The van der Waals surface area contributed by atoms with Crippen LogP contribution < -0.4 is 10.2 Å². The number of sulfonamides is 1. The van der Waals surface area contributed by atoms with E-state index in [1.165, 1.54) is 9.71 Å². The molecule has 2 amide bonds. The van der Waals surface area contributed by atoms with Crippen molar-refractivity contribution in [2.75, 3.05) is 31.3 Å². The van der Waals surface area contributed by atoms with E-state index in [2.05, 4.69) is 12.2 Å². The van der Waals surface area contributed by atoms with Crippen LogP contribution in [0, 0.1) is 18.8 Å². The van der Waals surface area contributed by atoms with Crippen molar-refractivity contribution in [3.63, 3.8) is 0 Å². The number of piperidine rings is 1. The summed E-state index contributed by atoms with van der Waals surface area (Å²) in [6, 6.07) is 5.45. The first-order valence-corrected chi connectivity index (χ1v) is 14.3. The SMILES string of the molecule is Cc1cc(N2COCC2=O)ccc1C=CS(=O)(=O)N1CCC2(CC1)N=C(C1CCC(C)CC1)NC2=O. The lowest BCUT2D eigenvalue weighted by Crippen LogP contribution is -2.50. The van der Waals surface area contributed by atoms with E-state index in [-0.39, 0.29) is 38.2 Å². The lowest BCUT2D eigenvalue weighted by atomic mass is 9.82. The molecule has 0 radical (unpaired) electrons. The number of anilines is 1. The van der Waals surface area contributed by atoms with Crippen LogP contribution in [-0.2, 0) is 24.3 Å². The van der Waals surface area contributed by atoms with Crippen molar-refractivity contribution in [3.8, 4) is 0 Å². The molecule has 9 nitrogen and oxygen atoms in total. The summed E-state index contributed by atoms with van der Waals surface area (Å²) in [5.41, 5.74) is 1.51. The zero-order valence-corrected chi connectivity index (χ0v) is 21.7. The standard InChI is InChI=1S/C26H34N4O5S/c1-18-3-5-21(6-4-18)24-27-25(32)26(28-24)10-12-29(13-11-26)36(33,34)14-9-20-7-8-22(15-19(20)2)30-17-35-16-23(30)31/h7-9,14-15,18,21H,3-6,10-13,16-17H2,1-2H3,(H,27,28,32). The number of nitrogens with zero attached hydrogens (tertiary/aromatic N) is 3. The topological polar surface area (TPSA) is 108 Å². The second kappa shape index (κ2) is 9.72. The molecular formula is C26H34N4O5S. The van der Waals surface area contributed by atoms with Crippen molar-refractivity contribution in [2.45, 2.75) is 57.9 Å². The smallest absolute Gasteiger partial charge is 0.254 e. The highest BCUT2D eigenvalue weighted by molar-refractivity contribution is 7.92. The van der Waals surface area contributed by atoms with Crippen molar-refractivity contribution >= 4 is 39.4 Å². The molecule has 1 aromatic rings. The first-order chi connectivity index (χ1) is 17.2. The predicted molar refractivity (Wildman–Crippen MR) is 138 cm³/mol. The number of ether oxygens (including phenoxy) is 1. The number of aliphatic imine (C=N–C) groups is 1. The molecule has 0 atom stereocenters. The molecule has 1 saturated carbocycles. The van der Waals surface area contributed by atoms with Gasteiger partial charge >= 0.3 is 0 Å². The zero-order valence-electron chi connectivity index (χ0n) is 20.9. The average molecular weight is 515 g/mol. The van der Waals surface area contributed by atoms with E-state index in [4.69, 9.17) is 9.73 Å². The monoisotopic (exact) mass is 514 g/mol. The lowest BCUT2D eigenvalue weighted by Gasteiger charge is -2.34. The number of hydrogen-bond donors (Lipinski definition) is 1. The number of amidine groups is 1. The maximum atomic E-state index is 13.0. The van der Waals surface area contributed by atoms with Crippen LogP contribution in [0.3, 0.4) is 0 Å². The van der Waals surface area contributed by atoms with Crippen molar-refractivity contribution in [1.82, 2.24) is 9.62 Å². The van der Waals surface area contributed by atoms with Gasteiger partial charge in [-0.25, -0.2) is 8.42 Å². The van der Waals surface area contributed by atoms with E-state index in [0.717, 1.165) is 54.3 Å². The van der Waals surface area contributed by atoms with Crippen LogP contribution in [0.1, 0.15) is 56.6 Å². The molecule has 4 aliphatic rings. The van der Waals surface area contributed by atoms with E-state index in [9.17, 15) is 18.0 Å². The fraction of sp³-hybridized carbons (Fsp3) is 0.577. The van der Waals surface area contributed by atoms with Gasteiger partial charge in [0, 0.05) is 30.1 Å². The van der Waals surface area contributed by atoms with Gasteiger partial charge in [-0.2, -0.15) is 4.31 Å². The van der Waals surface area contributed by atoms with Gasteiger partial charge in [0.1, 0.15) is 24.7 Å². The molecule has 1 aliphatic carbocycles. The van der Waals surface area contributed by atoms with Crippen LogP contribution in [0.2, 0.25) is 0 Å². The number of carbonyl (C=O) groups is 2. The van der Waals surface area contributed by atoms with E-state index in [0.29, 0.717) is 18.8 Å². The highest BCUT2D eigenvalue weighted by Crippen LogP contribution is 2.36. The molecule has 1 N–H and O–H groups in total. The predicted octanol–water partition coefficient (Wildman–Crippen LogP) is 2.81. The van der Waals surface area contributed by atoms with E-state index >= 15 is 0 Å². The summed E-state index contributed by atoms with van der Waals surface area (Å²) in [4.78, 5) is 31.2. The van der Waals surface area contributed by atoms with E-state index < -0.39 is 15.6 Å². The number of hydrogen-bond acceptors (Lipinski definition) is 6. The second-order valence-electron chi connectivity index (χ2n) is 10.5. The third-order valence-corrected chi connectivity index (χ3v) is 9.61. The second-order valence-corrected chi connectivity index (χ2v) is 12.3. The van der Waals surface area contributed by atoms with Crippen molar-refractivity contribution in [2.24, 2.45) is 16.8 Å². The van der Waals surface area contributed by atoms with Gasteiger partial charge in [-0.05, 0) is 67.9 Å². The van der Waals surface area contributed by atoms with E-state index in [1.807, 2.05) is 13.0 Å². The minimum absolute atomic E-state index is 0.0736. The Hall–Kier alpha value is -2.56. The minimum atomic E-state index is -3.65. The molecule has 3 fully saturated rings. The van der Waals surface area contributed by atoms with Crippen LogP contribution in [0.25, 0.3) is 6.08 Å². The van der Waals surface area contributed by atoms with E-state index in [1.54, 1.807) is 23.1 Å². The van der Waals surface area contributed by atoms with Crippen LogP contribution in [0.4, 0.5) is 5.69 Å². The molecule has 1 spiro atoms. The molecule has 5 rings (SSSR count). The van der Waals surface area contributed by atoms with Crippen LogP contribution in [-0.4, -0.2) is 62.3 Å². The quantitative estimate of drug-likeness (QED) is 0.650. The summed E-state index contributed by atoms with van der Waals surface area (Å²) in [6.07, 6.45) is 6.75. The summed E-state index contributed by atoms with van der Waals surface area (Å²) in [5, 5.41) is 4.26. The number of aryl methyl sites for hydroxylation is 1. The molecule has 0 aromatic heterocycles. The Morgan fingerprint density at radius 2 is 1.86 bits per heavy atom. The molecule has 36 heavy (non-hydrogen) atoms. The molecule has 3 heterocycles. The summed E-state index contributed by atoms with van der Waals surface area (Å²) in [5.74, 6) is 1.66. The lowest BCUT2D eigenvalue weighted by molar-refractivity contribution is -0.125. The van der Waals surface area contributed by atoms with Gasteiger partial charge < -0.3 is 10.1 Å². The molecular weight excluding hydrogens is 480 g/mol. The first kappa shape index (κ1) is 25.1. The Morgan fingerprint density at radius 1 is 1.14 bits per heavy atom. The molecule has 10 heteroatoms. The summed E-state index contributed by atoms with van der Waals surface area (Å²) in [6.45, 7) is 4.95. The van der Waals surface area contributed by atoms with Crippen molar-refractivity contribution in [3.05, 3.63) is 34.7 Å². The largest absolute Gasteiger partial charge is 0.351 e. The molecule has 0 unspecified atom stereocenters. The van der Waals surface area contributed by atoms with Crippen molar-refractivity contribution < 1.29 is 22.7 Å². The van der Waals surface area contributed by atoms with Gasteiger partial charge in [-0.1, -0.05) is 25.8 Å². The number of amides is 2. The fourth-order valence-corrected chi connectivity index (χ4v) is 6.75. The van der Waals surface area contributed by atoms with Gasteiger partial charge in [0.05, 0.1) is 0 Å². The maximum Gasteiger partial charge on any atom is 0.254 e. The average Bonchev–Trinajstić information content (AvgIpc) is 3.42. The molecule has 2 saturated heterocycles.